The highest BCUT2D eigenvalue weighted by atomic mass is 35.5. The number of rotatable bonds is 11. The molecule has 0 aliphatic carbocycles. The summed E-state index contributed by atoms with van der Waals surface area (Å²) in [6.07, 6.45) is 0. The van der Waals surface area contributed by atoms with E-state index in [0.717, 1.165) is 14.8 Å². The highest BCUT2D eigenvalue weighted by molar-refractivity contribution is 7.92. The molecule has 208 valence electrons. The van der Waals surface area contributed by atoms with E-state index in [0.29, 0.717) is 12.3 Å². The quantitative estimate of drug-likeness (QED) is 0.362. The Hall–Kier alpha value is -3.63. The summed E-state index contributed by atoms with van der Waals surface area (Å²) < 4.78 is 48.3. The van der Waals surface area contributed by atoms with Crippen molar-refractivity contribution in [3.05, 3.63) is 88.7 Å². The first-order chi connectivity index (χ1) is 18.5. The Balaban J connectivity index is 2.08. The molecule has 3 aromatic rings. The van der Waals surface area contributed by atoms with Crippen molar-refractivity contribution in [3.63, 3.8) is 0 Å². The number of benzene rings is 3. The number of ether oxygens (including phenoxy) is 1. The van der Waals surface area contributed by atoms with E-state index in [1.54, 1.807) is 25.1 Å². The Labute approximate surface area is 233 Å². The molecule has 0 saturated heterocycles. The molecule has 8 nitrogen and oxygen atoms in total. The predicted octanol–water partition coefficient (Wildman–Crippen LogP) is 4.54. The van der Waals surface area contributed by atoms with Crippen LogP contribution in [0, 0.1) is 12.7 Å². The van der Waals surface area contributed by atoms with Gasteiger partial charge in [-0.05, 0) is 57.2 Å². The van der Waals surface area contributed by atoms with Crippen LogP contribution < -0.4 is 14.4 Å². The molecular weight excluding hydrogens is 545 g/mol. The number of carbonyl (C=O) groups excluding carboxylic acids is 2. The van der Waals surface area contributed by atoms with E-state index in [-0.39, 0.29) is 27.7 Å². The smallest absolute Gasteiger partial charge is 0.264 e. The zero-order valence-electron chi connectivity index (χ0n) is 22.1. The topological polar surface area (TPSA) is 96.0 Å². The summed E-state index contributed by atoms with van der Waals surface area (Å²) in [5.74, 6) is -1.39. The fourth-order valence-corrected chi connectivity index (χ4v) is 5.55. The van der Waals surface area contributed by atoms with Crippen molar-refractivity contribution >= 4 is 39.1 Å². The molecule has 39 heavy (non-hydrogen) atoms. The fraction of sp³-hybridized carbons (Fsp3) is 0.286. The van der Waals surface area contributed by atoms with Gasteiger partial charge in [-0.1, -0.05) is 47.5 Å². The molecule has 0 aliphatic heterocycles. The number of carbonyl (C=O) groups is 2. The first-order valence-corrected chi connectivity index (χ1v) is 14.0. The highest BCUT2D eigenvalue weighted by Crippen LogP contribution is 2.32. The standard InChI is InChI=1S/C28H31ClFN3O5S/c1-5-31-28(35)20(3)32(17-21-8-6-7-9-25(21)30)27(34)18-33(22-12-15-26(38-4)24(29)16-22)39(36,37)23-13-10-19(2)11-14-23/h6-16,20H,5,17-18H2,1-4H3,(H,31,35)/t20-/m1/s1. The van der Waals surface area contributed by atoms with Gasteiger partial charge in [0.1, 0.15) is 24.2 Å². The lowest BCUT2D eigenvalue weighted by Crippen LogP contribution is -2.51. The maximum Gasteiger partial charge on any atom is 0.264 e. The first kappa shape index (κ1) is 29.9. The molecule has 11 heteroatoms. The van der Waals surface area contributed by atoms with E-state index in [9.17, 15) is 22.4 Å². The highest BCUT2D eigenvalue weighted by Gasteiger charge is 2.33. The Bertz CT molecular complexity index is 1430. The third-order valence-electron chi connectivity index (χ3n) is 6.13. The van der Waals surface area contributed by atoms with Gasteiger partial charge in [-0.3, -0.25) is 13.9 Å². The lowest BCUT2D eigenvalue weighted by Gasteiger charge is -2.32. The average molecular weight is 576 g/mol. The number of nitrogens with one attached hydrogen (secondary N) is 1. The molecule has 0 spiro atoms. The monoisotopic (exact) mass is 575 g/mol. The van der Waals surface area contributed by atoms with Crippen LogP contribution in [-0.4, -0.2) is 51.4 Å². The van der Waals surface area contributed by atoms with Gasteiger partial charge in [0.2, 0.25) is 11.8 Å². The number of sulfonamides is 1. The van der Waals surface area contributed by atoms with Crippen LogP contribution in [0.15, 0.2) is 71.6 Å². The SMILES string of the molecule is CCNC(=O)[C@@H](C)N(Cc1ccccc1F)C(=O)CN(c1ccc(OC)c(Cl)c1)S(=O)(=O)c1ccc(C)cc1. The van der Waals surface area contributed by atoms with Gasteiger partial charge in [-0.2, -0.15) is 0 Å². The third-order valence-corrected chi connectivity index (χ3v) is 8.21. The van der Waals surface area contributed by atoms with Crippen LogP contribution in [0.25, 0.3) is 0 Å². The minimum absolute atomic E-state index is 0.0368. The van der Waals surface area contributed by atoms with Gasteiger partial charge in [0.15, 0.2) is 0 Å². The maximum absolute atomic E-state index is 14.5. The largest absolute Gasteiger partial charge is 0.495 e. The summed E-state index contributed by atoms with van der Waals surface area (Å²) in [5.41, 5.74) is 1.16. The number of halogens is 2. The van der Waals surface area contributed by atoms with Crippen molar-refractivity contribution in [2.75, 3.05) is 24.5 Å². The van der Waals surface area contributed by atoms with E-state index in [1.807, 2.05) is 6.92 Å². The Morgan fingerprint density at radius 2 is 1.74 bits per heavy atom. The van der Waals surface area contributed by atoms with Gasteiger partial charge < -0.3 is 15.0 Å². The number of methoxy groups -OCH3 is 1. The fourth-order valence-electron chi connectivity index (χ4n) is 3.89. The van der Waals surface area contributed by atoms with Gasteiger partial charge in [0.05, 0.1) is 22.7 Å². The molecule has 2 amide bonds. The number of nitrogens with zero attached hydrogens (tertiary/aromatic N) is 2. The van der Waals surface area contributed by atoms with Crippen molar-refractivity contribution in [3.8, 4) is 5.75 Å². The van der Waals surface area contributed by atoms with Crippen molar-refractivity contribution in [1.29, 1.82) is 0 Å². The summed E-state index contributed by atoms with van der Waals surface area (Å²) in [7, 11) is -2.84. The normalized spacial score (nSPS) is 11.9. The summed E-state index contributed by atoms with van der Waals surface area (Å²) in [5, 5.41) is 2.80. The van der Waals surface area contributed by atoms with Crippen LogP contribution in [0.4, 0.5) is 10.1 Å². The van der Waals surface area contributed by atoms with Crippen molar-refractivity contribution < 1.29 is 27.1 Å². The van der Waals surface area contributed by atoms with Gasteiger partial charge in [-0.15, -0.1) is 0 Å². The molecule has 3 aromatic carbocycles. The second-order valence-corrected chi connectivity index (χ2v) is 11.1. The molecule has 1 N–H and O–H groups in total. The molecule has 0 aliphatic rings. The number of hydrogen-bond donors (Lipinski definition) is 1. The van der Waals surface area contributed by atoms with Crippen molar-refractivity contribution in [2.24, 2.45) is 0 Å². The number of likely N-dealkylation sites (N-methyl/N-ethyl adjacent to an activating group) is 1. The van der Waals surface area contributed by atoms with E-state index in [2.05, 4.69) is 5.32 Å². The molecule has 0 aromatic heterocycles. The summed E-state index contributed by atoms with van der Waals surface area (Å²) in [4.78, 5) is 27.6. The van der Waals surface area contributed by atoms with Crippen LogP contribution in [0.2, 0.25) is 5.02 Å². The molecular formula is C28H31ClFN3O5S. The first-order valence-electron chi connectivity index (χ1n) is 12.2. The summed E-state index contributed by atoms with van der Waals surface area (Å²) >= 11 is 6.30. The van der Waals surface area contributed by atoms with Gasteiger partial charge in [0.25, 0.3) is 10.0 Å². The zero-order chi connectivity index (χ0) is 28.7. The zero-order valence-corrected chi connectivity index (χ0v) is 23.7. The Morgan fingerprint density at radius 3 is 2.33 bits per heavy atom. The third kappa shape index (κ3) is 7.07. The van der Waals surface area contributed by atoms with E-state index >= 15 is 0 Å². The van der Waals surface area contributed by atoms with Crippen LogP contribution in [0.1, 0.15) is 25.0 Å². The molecule has 0 radical (unpaired) electrons. The van der Waals surface area contributed by atoms with Crippen molar-refractivity contribution in [1.82, 2.24) is 10.2 Å². The van der Waals surface area contributed by atoms with Crippen LogP contribution in [-0.2, 0) is 26.2 Å². The van der Waals surface area contributed by atoms with E-state index in [1.165, 1.54) is 62.6 Å². The Kier molecular flexibility index (Phi) is 9.93. The number of anilines is 1. The van der Waals surface area contributed by atoms with Crippen LogP contribution >= 0.6 is 11.6 Å². The van der Waals surface area contributed by atoms with Crippen molar-refractivity contribution in [2.45, 2.75) is 38.3 Å². The second-order valence-electron chi connectivity index (χ2n) is 8.83. The van der Waals surface area contributed by atoms with Crippen LogP contribution in [0.3, 0.4) is 0 Å². The van der Waals surface area contributed by atoms with E-state index in [4.69, 9.17) is 16.3 Å². The molecule has 0 unspecified atom stereocenters. The predicted molar refractivity (Wildman–Crippen MR) is 149 cm³/mol. The Morgan fingerprint density at radius 1 is 1.08 bits per heavy atom. The molecule has 3 rings (SSSR count). The molecule has 0 bridgehead atoms. The minimum Gasteiger partial charge on any atom is -0.495 e. The summed E-state index contributed by atoms with van der Waals surface area (Å²) in [6.45, 7) is 4.47. The number of hydrogen-bond acceptors (Lipinski definition) is 5. The van der Waals surface area contributed by atoms with Gasteiger partial charge in [0, 0.05) is 18.7 Å². The number of aryl methyl sites for hydroxylation is 1. The maximum atomic E-state index is 14.5. The van der Waals surface area contributed by atoms with Crippen LogP contribution in [0.5, 0.6) is 5.75 Å². The van der Waals surface area contributed by atoms with Gasteiger partial charge >= 0.3 is 0 Å². The molecule has 1 atom stereocenters. The van der Waals surface area contributed by atoms with E-state index < -0.39 is 40.2 Å². The second kappa shape index (κ2) is 12.9. The molecule has 0 fully saturated rings. The minimum atomic E-state index is -4.26. The number of amides is 2. The molecule has 0 heterocycles. The molecule has 0 saturated carbocycles. The van der Waals surface area contributed by atoms with Gasteiger partial charge in [-0.25, -0.2) is 12.8 Å². The average Bonchev–Trinajstić information content (AvgIpc) is 2.91. The lowest BCUT2D eigenvalue weighted by molar-refractivity contribution is -0.139. The lowest BCUT2D eigenvalue weighted by atomic mass is 10.1. The summed E-state index contributed by atoms with van der Waals surface area (Å²) in [6, 6.07) is 15.4.